The number of rotatable bonds is 6. The molecule has 0 saturated carbocycles. The van der Waals surface area contributed by atoms with E-state index in [2.05, 4.69) is 26.8 Å². The van der Waals surface area contributed by atoms with Crippen molar-refractivity contribution in [2.75, 3.05) is 18.5 Å². The molecular weight excluding hydrogens is 272 g/mol. The standard InChI is InChI=1S/C15H19ClN4/c1-3-6-14-18-13(16)11-15(19-14)20(2)10-8-12-7-4-5-9-17-12/h4-5,7,9,11H,3,6,8,10H2,1-2H3. The van der Waals surface area contributed by atoms with E-state index in [0.29, 0.717) is 5.15 Å². The molecule has 20 heavy (non-hydrogen) atoms. The molecule has 4 nitrogen and oxygen atoms in total. The maximum atomic E-state index is 6.06. The molecule has 5 heteroatoms. The van der Waals surface area contributed by atoms with Crippen LogP contribution in [0.1, 0.15) is 24.9 Å². The second-order valence-electron chi connectivity index (χ2n) is 4.71. The molecule has 0 atom stereocenters. The maximum absolute atomic E-state index is 6.06. The summed E-state index contributed by atoms with van der Waals surface area (Å²) in [5.41, 5.74) is 1.08. The van der Waals surface area contributed by atoms with Crippen molar-refractivity contribution in [3.63, 3.8) is 0 Å². The number of hydrogen-bond acceptors (Lipinski definition) is 4. The Hall–Kier alpha value is -1.68. The van der Waals surface area contributed by atoms with E-state index in [1.54, 1.807) is 6.07 Å². The zero-order valence-electron chi connectivity index (χ0n) is 11.9. The predicted octanol–water partition coefficient (Wildman–Crippen LogP) is 3.16. The molecule has 0 aliphatic rings. The summed E-state index contributed by atoms with van der Waals surface area (Å²) in [6.07, 6.45) is 4.55. The third-order valence-corrected chi connectivity index (χ3v) is 3.22. The minimum Gasteiger partial charge on any atom is -0.359 e. The molecule has 0 unspecified atom stereocenters. The van der Waals surface area contributed by atoms with Crippen LogP contribution < -0.4 is 4.90 Å². The Morgan fingerprint density at radius 1 is 1.20 bits per heavy atom. The van der Waals surface area contributed by atoms with E-state index in [1.165, 1.54) is 0 Å². The lowest BCUT2D eigenvalue weighted by Gasteiger charge is -2.18. The lowest BCUT2D eigenvalue weighted by atomic mass is 10.2. The van der Waals surface area contributed by atoms with Crippen molar-refractivity contribution in [2.45, 2.75) is 26.2 Å². The molecule has 106 valence electrons. The second kappa shape index (κ2) is 7.20. The van der Waals surface area contributed by atoms with Gasteiger partial charge in [0.2, 0.25) is 0 Å². The number of halogens is 1. The second-order valence-corrected chi connectivity index (χ2v) is 5.09. The molecule has 0 fully saturated rings. The van der Waals surface area contributed by atoms with E-state index in [4.69, 9.17) is 11.6 Å². The van der Waals surface area contributed by atoms with Gasteiger partial charge in [-0.05, 0) is 18.6 Å². The van der Waals surface area contributed by atoms with Gasteiger partial charge in [-0.3, -0.25) is 4.98 Å². The number of aromatic nitrogens is 3. The summed E-state index contributed by atoms with van der Waals surface area (Å²) in [7, 11) is 2.01. The minimum atomic E-state index is 0.503. The van der Waals surface area contributed by atoms with Crippen molar-refractivity contribution in [1.29, 1.82) is 0 Å². The summed E-state index contributed by atoms with van der Waals surface area (Å²) in [5, 5.41) is 0.503. The number of pyridine rings is 1. The van der Waals surface area contributed by atoms with Gasteiger partial charge < -0.3 is 4.90 Å². The summed E-state index contributed by atoms with van der Waals surface area (Å²) >= 11 is 6.06. The molecule has 2 aromatic heterocycles. The fourth-order valence-electron chi connectivity index (χ4n) is 1.93. The first-order valence-electron chi connectivity index (χ1n) is 6.83. The highest BCUT2D eigenvalue weighted by molar-refractivity contribution is 6.29. The molecule has 0 aliphatic heterocycles. The average molecular weight is 291 g/mol. The van der Waals surface area contributed by atoms with Gasteiger partial charge in [-0.15, -0.1) is 0 Å². The predicted molar refractivity (Wildman–Crippen MR) is 82.2 cm³/mol. The Labute approximate surface area is 124 Å². The fraction of sp³-hybridized carbons (Fsp3) is 0.400. The third-order valence-electron chi connectivity index (χ3n) is 3.02. The van der Waals surface area contributed by atoms with E-state index >= 15 is 0 Å². The van der Waals surface area contributed by atoms with Crippen molar-refractivity contribution >= 4 is 17.4 Å². The highest BCUT2D eigenvalue weighted by Crippen LogP contribution is 2.16. The summed E-state index contributed by atoms with van der Waals surface area (Å²) in [6, 6.07) is 7.76. The zero-order valence-corrected chi connectivity index (χ0v) is 12.6. The Morgan fingerprint density at radius 2 is 2.05 bits per heavy atom. The molecule has 2 rings (SSSR count). The molecule has 0 saturated heterocycles. The van der Waals surface area contributed by atoms with Gasteiger partial charge >= 0.3 is 0 Å². The monoisotopic (exact) mass is 290 g/mol. The molecule has 0 radical (unpaired) electrons. The highest BCUT2D eigenvalue weighted by atomic mass is 35.5. The van der Waals surface area contributed by atoms with Crippen molar-refractivity contribution in [3.05, 3.63) is 47.1 Å². The van der Waals surface area contributed by atoms with Crippen molar-refractivity contribution in [1.82, 2.24) is 15.0 Å². The Morgan fingerprint density at radius 3 is 2.75 bits per heavy atom. The van der Waals surface area contributed by atoms with Crippen LogP contribution in [0.4, 0.5) is 5.82 Å². The van der Waals surface area contributed by atoms with Crippen LogP contribution in [0.5, 0.6) is 0 Å². The van der Waals surface area contributed by atoms with Crippen LogP contribution in [0.15, 0.2) is 30.5 Å². The summed E-state index contributed by atoms with van der Waals surface area (Å²) in [4.78, 5) is 15.2. The number of likely N-dealkylation sites (N-methyl/N-ethyl adjacent to an activating group) is 1. The van der Waals surface area contributed by atoms with Crippen LogP contribution in [0, 0.1) is 0 Å². The van der Waals surface area contributed by atoms with Gasteiger partial charge in [-0.1, -0.05) is 24.6 Å². The maximum Gasteiger partial charge on any atom is 0.134 e. The number of hydrogen-bond donors (Lipinski definition) is 0. The lowest BCUT2D eigenvalue weighted by molar-refractivity contribution is 0.799. The molecule has 0 bridgehead atoms. The molecule has 2 heterocycles. The van der Waals surface area contributed by atoms with Gasteiger partial charge in [0, 0.05) is 44.4 Å². The van der Waals surface area contributed by atoms with Gasteiger partial charge in [0.05, 0.1) is 0 Å². The van der Waals surface area contributed by atoms with Crippen LogP contribution >= 0.6 is 11.6 Å². The smallest absolute Gasteiger partial charge is 0.134 e. The van der Waals surface area contributed by atoms with Crippen LogP contribution in [0.2, 0.25) is 5.15 Å². The zero-order chi connectivity index (χ0) is 14.4. The molecule has 0 aromatic carbocycles. The van der Waals surface area contributed by atoms with Crippen LogP contribution in [0.3, 0.4) is 0 Å². The summed E-state index contributed by atoms with van der Waals surface area (Å²) < 4.78 is 0. The lowest BCUT2D eigenvalue weighted by Crippen LogP contribution is -2.22. The van der Waals surface area contributed by atoms with E-state index in [-0.39, 0.29) is 0 Å². The summed E-state index contributed by atoms with van der Waals surface area (Å²) in [5.74, 6) is 1.67. The molecule has 2 aromatic rings. The van der Waals surface area contributed by atoms with E-state index in [1.807, 2.05) is 31.4 Å². The molecule has 0 N–H and O–H groups in total. The molecular formula is C15H19ClN4. The SMILES string of the molecule is CCCc1nc(Cl)cc(N(C)CCc2ccccn2)n1. The Balaban J connectivity index is 2.03. The fourth-order valence-corrected chi connectivity index (χ4v) is 2.12. The first kappa shape index (κ1) is 14.7. The number of anilines is 1. The number of aryl methyl sites for hydroxylation is 1. The van der Waals surface area contributed by atoms with Gasteiger partial charge in [0.15, 0.2) is 0 Å². The van der Waals surface area contributed by atoms with Gasteiger partial charge in [0.25, 0.3) is 0 Å². The van der Waals surface area contributed by atoms with Crippen molar-refractivity contribution in [2.24, 2.45) is 0 Å². The van der Waals surface area contributed by atoms with E-state index in [0.717, 1.165) is 43.1 Å². The van der Waals surface area contributed by atoms with Gasteiger partial charge in [-0.25, -0.2) is 9.97 Å². The van der Waals surface area contributed by atoms with E-state index in [9.17, 15) is 0 Å². The Kier molecular flexibility index (Phi) is 5.30. The van der Waals surface area contributed by atoms with Crippen LogP contribution in [0.25, 0.3) is 0 Å². The summed E-state index contributed by atoms with van der Waals surface area (Å²) in [6.45, 7) is 2.95. The molecule has 0 amide bonds. The Bertz CT molecular complexity index is 545. The van der Waals surface area contributed by atoms with Crippen LogP contribution in [-0.4, -0.2) is 28.5 Å². The van der Waals surface area contributed by atoms with Gasteiger partial charge in [-0.2, -0.15) is 0 Å². The quantitative estimate of drug-likeness (QED) is 0.767. The van der Waals surface area contributed by atoms with Gasteiger partial charge in [0.1, 0.15) is 16.8 Å². The molecule has 0 spiro atoms. The van der Waals surface area contributed by atoms with Crippen LogP contribution in [-0.2, 0) is 12.8 Å². The average Bonchev–Trinajstić information content (AvgIpc) is 2.45. The largest absolute Gasteiger partial charge is 0.359 e. The van der Waals surface area contributed by atoms with Crippen molar-refractivity contribution in [3.8, 4) is 0 Å². The highest BCUT2D eigenvalue weighted by Gasteiger charge is 2.07. The topological polar surface area (TPSA) is 41.9 Å². The first-order valence-corrected chi connectivity index (χ1v) is 7.21. The third kappa shape index (κ3) is 4.17. The first-order chi connectivity index (χ1) is 9.69. The minimum absolute atomic E-state index is 0.503. The molecule has 0 aliphatic carbocycles. The number of nitrogens with zero attached hydrogens (tertiary/aromatic N) is 4. The normalized spacial score (nSPS) is 10.6. The van der Waals surface area contributed by atoms with Crippen molar-refractivity contribution < 1.29 is 0 Å². The van der Waals surface area contributed by atoms with E-state index < -0.39 is 0 Å².